The predicted molar refractivity (Wildman–Crippen MR) is 146 cm³/mol. The number of rotatable bonds is 8. The number of β-lactam (4-membered cyclic amide) rings is 1. The Labute approximate surface area is 233 Å². The lowest BCUT2D eigenvalue weighted by atomic mass is 10.0. The average Bonchev–Trinajstić information content (AvgIpc) is 3.45. The standard InChI is InChI=1S/C28H25N3O6S2/c1-16-23(37-28(29)35)22(27(34)36-24(17-9-4-2-5-10-17)18-11-6-3-7-12-18)31-25(33)21(26(31)39-16)30-20(32)15-19-13-8-14-38-19/h2-14,16,21,24,26H,15H2,1H3,(H2,29,35)(H,30,32)/t16?,21?,26-/m1/s1. The molecule has 2 aliphatic heterocycles. The quantitative estimate of drug-likeness (QED) is 0.316. The number of nitrogens with zero attached hydrogens (tertiary/aromatic N) is 1. The first-order valence-corrected chi connectivity index (χ1v) is 14.0. The molecule has 1 saturated heterocycles. The number of esters is 1. The lowest BCUT2D eigenvalue weighted by molar-refractivity contribution is -0.155. The van der Waals surface area contributed by atoms with E-state index in [-0.39, 0.29) is 23.8 Å². The Balaban J connectivity index is 1.43. The molecule has 39 heavy (non-hydrogen) atoms. The van der Waals surface area contributed by atoms with Crippen molar-refractivity contribution in [2.75, 3.05) is 0 Å². The smallest absolute Gasteiger partial charge is 0.409 e. The van der Waals surface area contributed by atoms with Crippen LogP contribution >= 0.6 is 23.1 Å². The Morgan fingerprint density at radius 2 is 1.64 bits per heavy atom. The van der Waals surface area contributed by atoms with Crippen molar-refractivity contribution in [3.63, 3.8) is 0 Å². The van der Waals surface area contributed by atoms with Gasteiger partial charge in [0.1, 0.15) is 11.4 Å². The van der Waals surface area contributed by atoms with Crippen LogP contribution < -0.4 is 11.1 Å². The van der Waals surface area contributed by atoms with Gasteiger partial charge in [0.15, 0.2) is 17.6 Å². The molecule has 0 radical (unpaired) electrons. The first-order valence-electron chi connectivity index (χ1n) is 12.2. The van der Waals surface area contributed by atoms with E-state index < -0.39 is 40.7 Å². The highest BCUT2D eigenvalue weighted by atomic mass is 32.2. The zero-order valence-electron chi connectivity index (χ0n) is 20.8. The fourth-order valence-corrected chi connectivity index (χ4v) is 6.62. The SMILES string of the molecule is CC1S[C@@H]2C(NC(=O)Cc3cccs3)C(=O)N2C(C(=O)OC(c2ccccc2)c2ccccc2)=C1OC(N)=O. The molecule has 3 atom stereocenters. The normalized spacial score (nSPS) is 20.2. The minimum atomic E-state index is -1.11. The molecule has 3 amide bonds. The summed E-state index contributed by atoms with van der Waals surface area (Å²) < 4.78 is 11.2. The molecule has 11 heteroatoms. The number of fused-ring (bicyclic) bond motifs is 1. The van der Waals surface area contributed by atoms with Crippen LogP contribution in [0.1, 0.15) is 29.0 Å². The van der Waals surface area contributed by atoms with Crippen molar-refractivity contribution in [3.05, 3.63) is 106 Å². The maximum atomic E-state index is 13.8. The molecule has 2 aromatic carbocycles. The van der Waals surface area contributed by atoms with Crippen LogP contribution in [0.4, 0.5) is 4.79 Å². The average molecular weight is 564 g/mol. The van der Waals surface area contributed by atoms with Gasteiger partial charge in [-0.2, -0.15) is 0 Å². The van der Waals surface area contributed by atoms with E-state index >= 15 is 0 Å². The molecule has 2 unspecified atom stereocenters. The summed E-state index contributed by atoms with van der Waals surface area (Å²) in [5.41, 5.74) is 6.55. The third kappa shape index (κ3) is 5.55. The highest BCUT2D eigenvalue weighted by molar-refractivity contribution is 8.00. The fraction of sp³-hybridized carbons (Fsp3) is 0.214. The van der Waals surface area contributed by atoms with Gasteiger partial charge in [-0.05, 0) is 29.5 Å². The number of hydrogen-bond acceptors (Lipinski definition) is 8. The van der Waals surface area contributed by atoms with Gasteiger partial charge >= 0.3 is 12.1 Å². The number of carbonyl (C=O) groups excluding carboxylic acids is 4. The molecule has 0 spiro atoms. The summed E-state index contributed by atoms with van der Waals surface area (Å²) in [5.74, 6) is -1.72. The first kappa shape index (κ1) is 26.5. The molecular formula is C28H25N3O6S2. The van der Waals surface area contributed by atoms with E-state index in [0.29, 0.717) is 0 Å². The first-order chi connectivity index (χ1) is 18.8. The van der Waals surface area contributed by atoms with Crippen molar-refractivity contribution < 1.29 is 28.7 Å². The molecule has 0 aliphatic carbocycles. The van der Waals surface area contributed by atoms with E-state index in [1.165, 1.54) is 28.0 Å². The van der Waals surface area contributed by atoms with Crippen molar-refractivity contribution in [1.29, 1.82) is 0 Å². The summed E-state index contributed by atoms with van der Waals surface area (Å²) in [6.07, 6.45) is -1.76. The summed E-state index contributed by atoms with van der Waals surface area (Å²) in [6, 6.07) is 21.2. The minimum Gasteiger partial charge on any atom is -0.448 e. The number of thiophene rings is 1. The van der Waals surface area contributed by atoms with E-state index in [2.05, 4.69) is 5.32 Å². The van der Waals surface area contributed by atoms with E-state index in [1.807, 2.05) is 78.2 Å². The Kier molecular flexibility index (Phi) is 7.71. The lowest BCUT2D eigenvalue weighted by Crippen LogP contribution is -2.71. The maximum Gasteiger partial charge on any atom is 0.409 e. The van der Waals surface area contributed by atoms with Crippen LogP contribution in [0.25, 0.3) is 0 Å². The highest BCUT2D eigenvalue weighted by Gasteiger charge is 2.57. The van der Waals surface area contributed by atoms with Gasteiger partial charge in [-0.15, -0.1) is 23.1 Å². The second-order valence-corrected chi connectivity index (χ2v) is 11.4. The topological polar surface area (TPSA) is 128 Å². The summed E-state index contributed by atoms with van der Waals surface area (Å²) in [6.45, 7) is 1.73. The fourth-order valence-electron chi connectivity index (χ4n) is 4.54. The van der Waals surface area contributed by atoms with Crippen LogP contribution in [0.2, 0.25) is 0 Å². The summed E-state index contributed by atoms with van der Waals surface area (Å²) >= 11 is 2.73. The van der Waals surface area contributed by atoms with Crippen molar-refractivity contribution in [3.8, 4) is 0 Å². The number of ether oxygens (including phenoxy) is 2. The molecule has 1 fully saturated rings. The van der Waals surface area contributed by atoms with Gasteiger partial charge < -0.3 is 20.5 Å². The zero-order chi connectivity index (χ0) is 27.5. The second-order valence-electron chi connectivity index (χ2n) is 8.92. The molecule has 9 nitrogen and oxygen atoms in total. The van der Waals surface area contributed by atoms with Crippen molar-refractivity contribution in [1.82, 2.24) is 10.2 Å². The molecule has 200 valence electrons. The molecular weight excluding hydrogens is 538 g/mol. The molecule has 0 saturated carbocycles. The third-order valence-corrected chi connectivity index (χ3v) is 8.56. The van der Waals surface area contributed by atoms with Crippen LogP contribution in [0.15, 0.2) is 89.6 Å². The summed E-state index contributed by atoms with van der Waals surface area (Å²) in [7, 11) is 0. The third-order valence-electron chi connectivity index (χ3n) is 6.30. The Morgan fingerprint density at radius 1 is 1.00 bits per heavy atom. The van der Waals surface area contributed by atoms with Gasteiger partial charge in [0.25, 0.3) is 5.91 Å². The van der Waals surface area contributed by atoms with Gasteiger partial charge in [-0.3, -0.25) is 14.5 Å². The molecule has 3 aromatic rings. The second kappa shape index (κ2) is 11.3. The van der Waals surface area contributed by atoms with Crippen LogP contribution in [0, 0.1) is 0 Å². The monoisotopic (exact) mass is 563 g/mol. The van der Waals surface area contributed by atoms with Crippen LogP contribution in [0.5, 0.6) is 0 Å². The van der Waals surface area contributed by atoms with E-state index in [1.54, 1.807) is 6.92 Å². The molecule has 3 heterocycles. The number of carbonyl (C=O) groups is 4. The Bertz CT molecular complexity index is 1370. The van der Waals surface area contributed by atoms with Gasteiger partial charge in [0, 0.05) is 4.88 Å². The highest BCUT2D eigenvalue weighted by Crippen LogP contribution is 2.45. The van der Waals surface area contributed by atoms with Gasteiger partial charge in [0.2, 0.25) is 5.91 Å². The number of benzene rings is 2. The molecule has 0 bridgehead atoms. The minimum absolute atomic E-state index is 0.0645. The number of primary amides is 1. The molecule has 2 aliphatic rings. The van der Waals surface area contributed by atoms with Crippen LogP contribution in [-0.4, -0.2) is 45.4 Å². The number of nitrogens with two attached hydrogens (primary N) is 1. The lowest BCUT2D eigenvalue weighted by Gasteiger charge is -2.50. The van der Waals surface area contributed by atoms with Crippen molar-refractivity contribution in [2.24, 2.45) is 5.73 Å². The van der Waals surface area contributed by atoms with Gasteiger partial charge in [-0.1, -0.05) is 66.7 Å². The van der Waals surface area contributed by atoms with Crippen molar-refractivity contribution in [2.45, 2.75) is 36.1 Å². The van der Waals surface area contributed by atoms with Gasteiger partial charge in [-0.25, -0.2) is 9.59 Å². The van der Waals surface area contributed by atoms with E-state index in [4.69, 9.17) is 15.2 Å². The maximum absolute atomic E-state index is 13.8. The molecule has 5 rings (SSSR count). The Morgan fingerprint density at radius 3 is 2.21 bits per heavy atom. The zero-order valence-corrected chi connectivity index (χ0v) is 22.4. The van der Waals surface area contributed by atoms with E-state index in [0.717, 1.165) is 16.0 Å². The van der Waals surface area contributed by atoms with Crippen molar-refractivity contribution >= 4 is 47.0 Å². The Hall–Kier alpha value is -4.09. The van der Waals surface area contributed by atoms with Crippen LogP contribution in [-0.2, 0) is 30.3 Å². The van der Waals surface area contributed by atoms with Gasteiger partial charge in [0.05, 0.1) is 11.7 Å². The number of hydrogen-bond donors (Lipinski definition) is 2. The molecule has 3 N–H and O–H groups in total. The molecule has 1 aromatic heterocycles. The van der Waals surface area contributed by atoms with E-state index in [9.17, 15) is 19.2 Å². The number of amides is 3. The predicted octanol–water partition coefficient (Wildman–Crippen LogP) is 3.72. The summed E-state index contributed by atoms with van der Waals surface area (Å²) in [4.78, 5) is 53.5. The largest absolute Gasteiger partial charge is 0.448 e. The number of thioether (sulfide) groups is 1. The summed E-state index contributed by atoms with van der Waals surface area (Å²) in [5, 5.41) is 3.54. The number of nitrogens with one attached hydrogen (secondary N) is 1. The van der Waals surface area contributed by atoms with Crippen LogP contribution in [0.3, 0.4) is 0 Å².